The van der Waals surface area contributed by atoms with Crippen LogP contribution in [0.4, 0.5) is 6.01 Å². The summed E-state index contributed by atoms with van der Waals surface area (Å²) < 4.78 is 12.0. The van der Waals surface area contributed by atoms with Gasteiger partial charge in [0.05, 0.1) is 17.7 Å². The van der Waals surface area contributed by atoms with Crippen LogP contribution in [0, 0.1) is 11.3 Å². The van der Waals surface area contributed by atoms with Crippen molar-refractivity contribution in [3.63, 3.8) is 0 Å². The molecule has 7 nitrogen and oxygen atoms in total. The number of oxazole rings is 1. The maximum atomic E-state index is 8.85. The van der Waals surface area contributed by atoms with Crippen molar-refractivity contribution in [2.75, 3.05) is 24.6 Å². The number of rotatable bonds is 5. The molecule has 2 fully saturated rings. The molecule has 0 amide bonds. The molecule has 2 aliphatic heterocycles. The molecular formula is C20H21N5O2S. The number of thiazole rings is 1. The summed E-state index contributed by atoms with van der Waals surface area (Å²) in [5.74, 6) is 0. The monoisotopic (exact) mass is 395 g/mol. The van der Waals surface area contributed by atoms with Crippen LogP contribution >= 0.6 is 11.3 Å². The van der Waals surface area contributed by atoms with Crippen LogP contribution in [0.2, 0.25) is 0 Å². The molecule has 0 aliphatic carbocycles. The van der Waals surface area contributed by atoms with Crippen LogP contribution in [-0.4, -0.2) is 41.7 Å². The summed E-state index contributed by atoms with van der Waals surface area (Å²) in [5, 5.41) is 15.4. The van der Waals surface area contributed by atoms with E-state index in [2.05, 4.69) is 15.2 Å². The van der Waals surface area contributed by atoms with Crippen LogP contribution < -0.4 is 10.2 Å². The van der Waals surface area contributed by atoms with Crippen LogP contribution in [-0.2, 0) is 4.74 Å². The van der Waals surface area contributed by atoms with Gasteiger partial charge < -0.3 is 19.4 Å². The van der Waals surface area contributed by atoms with Crippen LogP contribution in [0.15, 0.2) is 28.1 Å². The van der Waals surface area contributed by atoms with E-state index in [1.165, 1.54) is 12.8 Å². The van der Waals surface area contributed by atoms with E-state index in [0.717, 1.165) is 40.3 Å². The maximum absolute atomic E-state index is 8.85. The highest BCUT2D eigenvalue weighted by Crippen LogP contribution is 2.38. The van der Waals surface area contributed by atoms with Gasteiger partial charge in [0.25, 0.3) is 6.01 Å². The third kappa shape index (κ3) is 3.05. The van der Waals surface area contributed by atoms with Gasteiger partial charge in [-0.05, 0) is 25.8 Å². The predicted molar refractivity (Wildman–Crippen MR) is 107 cm³/mol. The van der Waals surface area contributed by atoms with E-state index in [9.17, 15) is 0 Å². The number of nitriles is 1. The number of aromatic nitrogens is 2. The smallest absolute Gasteiger partial charge is 0.298 e. The highest BCUT2D eigenvalue weighted by atomic mass is 32.1. The minimum absolute atomic E-state index is 0.0444. The number of benzene rings is 1. The Bertz CT molecular complexity index is 1010. The average molecular weight is 395 g/mol. The van der Waals surface area contributed by atoms with Crippen molar-refractivity contribution in [1.29, 1.82) is 5.26 Å². The molecule has 0 radical (unpaired) electrons. The molecule has 4 heterocycles. The Morgan fingerprint density at radius 2 is 2.21 bits per heavy atom. The van der Waals surface area contributed by atoms with E-state index in [0.29, 0.717) is 18.1 Å². The zero-order valence-corrected chi connectivity index (χ0v) is 16.4. The number of nitrogens with one attached hydrogen (secondary N) is 1. The number of hydrogen-bond acceptors (Lipinski definition) is 8. The predicted octanol–water partition coefficient (Wildman–Crippen LogP) is 3.49. The van der Waals surface area contributed by atoms with Crippen molar-refractivity contribution in [1.82, 2.24) is 15.3 Å². The molecule has 2 aromatic heterocycles. The number of ether oxygens (including phenoxy) is 1. The molecule has 3 aromatic rings. The lowest BCUT2D eigenvalue weighted by Crippen LogP contribution is -2.51. The summed E-state index contributed by atoms with van der Waals surface area (Å²) in [7, 11) is 0. The molecule has 2 saturated heterocycles. The van der Waals surface area contributed by atoms with Gasteiger partial charge in [-0.25, -0.2) is 4.98 Å². The van der Waals surface area contributed by atoms with E-state index in [-0.39, 0.29) is 12.7 Å². The largest absolute Gasteiger partial charge is 0.423 e. The molecule has 144 valence electrons. The standard InChI is InChI=1S/C20H21N5O2S/c1-12(26-8-6-21)15-4-5-16(19-22-7-9-28-19)18-17(15)24-20(27-18)25-10-13-2-3-14(11-25)23-13/h4-5,7,9,12-14,23H,2-3,8,10-11H2,1H3. The lowest BCUT2D eigenvalue weighted by atomic mass is 10.1. The number of piperazine rings is 1. The van der Waals surface area contributed by atoms with Gasteiger partial charge in [-0.15, -0.1) is 11.3 Å². The van der Waals surface area contributed by atoms with E-state index in [4.69, 9.17) is 19.4 Å². The van der Waals surface area contributed by atoms with Crippen molar-refractivity contribution >= 4 is 28.5 Å². The molecular weight excluding hydrogens is 374 g/mol. The van der Waals surface area contributed by atoms with Crippen molar-refractivity contribution in [3.05, 3.63) is 29.3 Å². The summed E-state index contributed by atoms with van der Waals surface area (Å²) in [5.41, 5.74) is 3.40. The molecule has 0 spiro atoms. The first kappa shape index (κ1) is 17.6. The van der Waals surface area contributed by atoms with E-state index in [1.54, 1.807) is 17.5 Å². The van der Waals surface area contributed by atoms with Crippen LogP contribution in [0.5, 0.6) is 0 Å². The third-order valence-corrected chi connectivity index (χ3v) is 6.36. The minimum atomic E-state index is -0.246. The first-order valence-electron chi connectivity index (χ1n) is 9.56. The van der Waals surface area contributed by atoms with Gasteiger partial charge in [-0.3, -0.25) is 0 Å². The summed E-state index contributed by atoms with van der Waals surface area (Å²) in [6.07, 6.45) is 3.96. The Morgan fingerprint density at radius 1 is 1.39 bits per heavy atom. The number of fused-ring (bicyclic) bond motifs is 3. The molecule has 1 N–H and O–H groups in total. The maximum Gasteiger partial charge on any atom is 0.298 e. The molecule has 5 rings (SSSR count). The van der Waals surface area contributed by atoms with Crippen LogP contribution in [0.25, 0.3) is 21.7 Å². The molecule has 2 bridgehead atoms. The third-order valence-electron chi connectivity index (χ3n) is 5.55. The van der Waals surface area contributed by atoms with Gasteiger partial charge in [0.2, 0.25) is 0 Å². The Morgan fingerprint density at radius 3 is 2.93 bits per heavy atom. The van der Waals surface area contributed by atoms with Crippen LogP contribution in [0.1, 0.15) is 31.4 Å². The van der Waals surface area contributed by atoms with Gasteiger partial charge >= 0.3 is 0 Å². The summed E-state index contributed by atoms with van der Waals surface area (Å²) in [6.45, 7) is 3.80. The van der Waals surface area contributed by atoms with Crippen molar-refractivity contribution < 1.29 is 9.15 Å². The van der Waals surface area contributed by atoms with Crippen LogP contribution in [0.3, 0.4) is 0 Å². The van der Waals surface area contributed by atoms with E-state index < -0.39 is 0 Å². The highest BCUT2D eigenvalue weighted by molar-refractivity contribution is 7.13. The Kier molecular flexibility index (Phi) is 4.51. The summed E-state index contributed by atoms with van der Waals surface area (Å²) in [6, 6.07) is 7.72. The number of hydrogen-bond donors (Lipinski definition) is 1. The molecule has 28 heavy (non-hydrogen) atoms. The fourth-order valence-electron chi connectivity index (χ4n) is 4.21. The lowest BCUT2D eigenvalue weighted by Gasteiger charge is -2.31. The molecule has 3 unspecified atom stereocenters. The fraction of sp³-hybridized carbons (Fsp3) is 0.450. The normalized spacial score (nSPS) is 22.5. The van der Waals surface area contributed by atoms with Gasteiger partial charge in [-0.2, -0.15) is 10.2 Å². The second-order valence-corrected chi connectivity index (χ2v) is 8.26. The fourth-order valence-corrected chi connectivity index (χ4v) is 4.87. The summed E-state index contributed by atoms with van der Waals surface area (Å²) in [4.78, 5) is 11.6. The molecule has 0 saturated carbocycles. The molecule has 8 heteroatoms. The van der Waals surface area contributed by atoms with Crippen molar-refractivity contribution in [3.8, 4) is 16.6 Å². The number of nitrogens with zero attached hydrogens (tertiary/aromatic N) is 4. The second kappa shape index (κ2) is 7.17. The first-order valence-corrected chi connectivity index (χ1v) is 10.4. The Balaban J connectivity index is 1.59. The average Bonchev–Trinajstić information content (AvgIpc) is 3.45. The minimum Gasteiger partial charge on any atom is -0.423 e. The highest BCUT2D eigenvalue weighted by Gasteiger charge is 2.34. The molecule has 1 aromatic carbocycles. The van der Waals surface area contributed by atoms with E-state index in [1.807, 2.05) is 30.5 Å². The molecule has 2 aliphatic rings. The topological polar surface area (TPSA) is 87.2 Å². The van der Waals surface area contributed by atoms with Crippen molar-refractivity contribution in [2.24, 2.45) is 0 Å². The second-order valence-electron chi connectivity index (χ2n) is 7.37. The Hall–Kier alpha value is -2.47. The zero-order chi connectivity index (χ0) is 19.1. The van der Waals surface area contributed by atoms with E-state index >= 15 is 0 Å². The van der Waals surface area contributed by atoms with Gasteiger partial charge in [0.1, 0.15) is 17.1 Å². The van der Waals surface area contributed by atoms with Gasteiger partial charge in [0.15, 0.2) is 5.58 Å². The first-order chi connectivity index (χ1) is 13.7. The SMILES string of the molecule is CC(OCC#N)c1ccc(-c2nccs2)c2oc(N3CC4CCC(C3)N4)nc12. The Labute approximate surface area is 166 Å². The molecule has 3 atom stereocenters. The van der Waals surface area contributed by atoms with Crippen molar-refractivity contribution in [2.45, 2.75) is 38.0 Å². The van der Waals surface area contributed by atoms with Gasteiger partial charge in [-0.1, -0.05) is 6.07 Å². The van der Waals surface area contributed by atoms with Gasteiger partial charge in [0, 0.05) is 42.3 Å². The quantitative estimate of drug-likeness (QED) is 0.707. The lowest BCUT2D eigenvalue weighted by molar-refractivity contribution is 0.0926. The zero-order valence-electron chi connectivity index (χ0n) is 15.6. The number of anilines is 1. The summed E-state index contributed by atoms with van der Waals surface area (Å²) >= 11 is 1.58.